The molecule has 1 amide bonds. The highest BCUT2D eigenvalue weighted by atomic mass is 32.1. The molecule has 6 nitrogen and oxygen atoms in total. The highest BCUT2D eigenvalue weighted by Gasteiger charge is 2.18. The number of nitrogens with one attached hydrogen (secondary N) is 1. The van der Waals surface area contributed by atoms with Crippen LogP contribution in [0.4, 0.5) is 5.69 Å². The van der Waals surface area contributed by atoms with E-state index in [4.69, 9.17) is 5.11 Å². The first-order valence-corrected chi connectivity index (χ1v) is 8.86. The Morgan fingerprint density at radius 1 is 1.24 bits per heavy atom. The summed E-state index contributed by atoms with van der Waals surface area (Å²) in [4.78, 5) is 26.2. The van der Waals surface area contributed by atoms with E-state index in [2.05, 4.69) is 21.5 Å². The van der Waals surface area contributed by atoms with Crippen LogP contribution in [0, 0.1) is 0 Å². The van der Waals surface area contributed by atoms with Crippen molar-refractivity contribution in [3.63, 3.8) is 0 Å². The topological polar surface area (TPSA) is 82.0 Å². The lowest BCUT2D eigenvalue weighted by atomic mass is 10.0. The molecular formula is C18H19N3O3S. The van der Waals surface area contributed by atoms with Gasteiger partial charge >= 0.3 is 5.97 Å². The highest BCUT2D eigenvalue weighted by molar-refractivity contribution is 7.15. The molecule has 0 saturated heterocycles. The summed E-state index contributed by atoms with van der Waals surface area (Å²) in [6, 6.07) is 11.4. The standard InChI is InChI=1S/C18H19N3O3S/c1-12(15-8-9-16(25-15)18(23)24)19-20-17(22)11-21-10-4-6-13-5-2-3-7-14(13)21/h2-3,5,7-9H,4,6,10-11H2,1H3,(H,20,22)(H,23,24)/b19-12-. The molecule has 1 aromatic carbocycles. The maximum atomic E-state index is 12.2. The smallest absolute Gasteiger partial charge is 0.345 e. The van der Waals surface area contributed by atoms with Crippen molar-refractivity contribution in [1.29, 1.82) is 0 Å². The molecule has 0 fully saturated rings. The minimum Gasteiger partial charge on any atom is -0.477 e. The van der Waals surface area contributed by atoms with Crippen LogP contribution in [-0.2, 0) is 11.2 Å². The number of carboxylic acids is 1. The van der Waals surface area contributed by atoms with E-state index in [1.807, 2.05) is 18.2 Å². The Balaban J connectivity index is 1.62. The van der Waals surface area contributed by atoms with Crippen molar-refractivity contribution < 1.29 is 14.7 Å². The van der Waals surface area contributed by atoms with Crippen molar-refractivity contribution in [1.82, 2.24) is 5.43 Å². The number of hydrazone groups is 1. The van der Waals surface area contributed by atoms with Crippen molar-refractivity contribution >= 4 is 34.6 Å². The molecule has 0 aliphatic carbocycles. The van der Waals surface area contributed by atoms with Crippen LogP contribution in [0.3, 0.4) is 0 Å². The lowest BCUT2D eigenvalue weighted by Crippen LogP contribution is -2.38. The molecule has 0 saturated carbocycles. The van der Waals surface area contributed by atoms with E-state index in [0.717, 1.165) is 41.3 Å². The van der Waals surface area contributed by atoms with E-state index < -0.39 is 5.97 Å². The molecule has 0 atom stereocenters. The van der Waals surface area contributed by atoms with Crippen LogP contribution in [0.2, 0.25) is 0 Å². The molecule has 0 radical (unpaired) electrons. The van der Waals surface area contributed by atoms with Crippen LogP contribution in [0.1, 0.15) is 33.5 Å². The number of hydrogen-bond donors (Lipinski definition) is 2. The van der Waals surface area contributed by atoms with E-state index in [1.165, 1.54) is 11.6 Å². The third-order valence-corrected chi connectivity index (χ3v) is 5.24. The third-order valence-electron chi connectivity index (χ3n) is 4.06. The third kappa shape index (κ3) is 4.06. The molecule has 1 aliphatic rings. The molecule has 2 heterocycles. The summed E-state index contributed by atoms with van der Waals surface area (Å²) in [6.07, 6.45) is 2.07. The number of aromatic carboxylic acids is 1. The van der Waals surface area contributed by atoms with Gasteiger partial charge in [-0.05, 0) is 43.5 Å². The highest BCUT2D eigenvalue weighted by Crippen LogP contribution is 2.26. The van der Waals surface area contributed by atoms with Crippen LogP contribution in [0.5, 0.6) is 0 Å². The van der Waals surface area contributed by atoms with Crippen LogP contribution in [0.25, 0.3) is 0 Å². The second-order valence-electron chi connectivity index (χ2n) is 5.86. The first-order valence-electron chi connectivity index (χ1n) is 8.04. The number of carboxylic acid groups (broad SMARTS) is 1. The zero-order valence-corrected chi connectivity index (χ0v) is 14.7. The monoisotopic (exact) mass is 357 g/mol. The number of anilines is 1. The number of fused-ring (bicyclic) bond motifs is 1. The van der Waals surface area contributed by atoms with Gasteiger partial charge in [-0.1, -0.05) is 18.2 Å². The van der Waals surface area contributed by atoms with Gasteiger partial charge in [-0.25, -0.2) is 10.2 Å². The van der Waals surface area contributed by atoms with Crippen LogP contribution in [0.15, 0.2) is 41.5 Å². The normalized spacial score (nSPS) is 14.1. The van der Waals surface area contributed by atoms with Gasteiger partial charge in [-0.3, -0.25) is 4.79 Å². The first kappa shape index (κ1) is 17.2. The quantitative estimate of drug-likeness (QED) is 0.637. The summed E-state index contributed by atoms with van der Waals surface area (Å²) in [7, 11) is 0. The Morgan fingerprint density at radius 3 is 2.76 bits per heavy atom. The van der Waals surface area contributed by atoms with E-state index in [9.17, 15) is 9.59 Å². The summed E-state index contributed by atoms with van der Waals surface area (Å²) in [5, 5.41) is 13.1. The molecule has 3 rings (SSSR count). The number of benzene rings is 1. The van der Waals surface area contributed by atoms with Crippen molar-refractivity contribution in [3.05, 3.63) is 51.7 Å². The van der Waals surface area contributed by atoms with Gasteiger partial charge in [0, 0.05) is 12.2 Å². The van der Waals surface area contributed by atoms with Gasteiger partial charge in [0.1, 0.15) is 4.88 Å². The second-order valence-corrected chi connectivity index (χ2v) is 6.94. The second kappa shape index (κ2) is 7.48. The first-order chi connectivity index (χ1) is 12.0. The van der Waals surface area contributed by atoms with Gasteiger partial charge < -0.3 is 10.0 Å². The molecule has 25 heavy (non-hydrogen) atoms. The number of para-hydroxylation sites is 1. The lowest BCUT2D eigenvalue weighted by molar-refractivity contribution is -0.119. The van der Waals surface area contributed by atoms with Crippen LogP contribution in [-0.4, -0.2) is 35.8 Å². The summed E-state index contributed by atoms with van der Waals surface area (Å²) < 4.78 is 0. The Kier molecular flexibility index (Phi) is 5.14. The Morgan fingerprint density at radius 2 is 2.00 bits per heavy atom. The van der Waals surface area contributed by atoms with Crippen molar-refractivity contribution in [2.75, 3.05) is 18.0 Å². The minimum absolute atomic E-state index is 0.189. The molecule has 0 unspecified atom stereocenters. The van der Waals surface area contributed by atoms with Gasteiger partial charge in [0.2, 0.25) is 0 Å². The molecule has 1 aliphatic heterocycles. The zero-order valence-electron chi connectivity index (χ0n) is 13.9. The van der Waals surface area contributed by atoms with E-state index in [0.29, 0.717) is 5.71 Å². The van der Waals surface area contributed by atoms with Crippen molar-refractivity contribution in [2.24, 2.45) is 5.10 Å². The lowest BCUT2D eigenvalue weighted by Gasteiger charge is -2.30. The summed E-state index contributed by atoms with van der Waals surface area (Å²) >= 11 is 1.14. The van der Waals surface area contributed by atoms with Gasteiger partial charge in [0.25, 0.3) is 5.91 Å². The number of hydrogen-bond acceptors (Lipinski definition) is 5. The zero-order chi connectivity index (χ0) is 17.8. The maximum Gasteiger partial charge on any atom is 0.345 e. The minimum atomic E-state index is -0.961. The predicted molar refractivity (Wildman–Crippen MR) is 98.6 cm³/mol. The van der Waals surface area contributed by atoms with Gasteiger partial charge in [-0.15, -0.1) is 11.3 Å². The van der Waals surface area contributed by atoms with E-state index in [1.54, 1.807) is 13.0 Å². The number of nitrogens with zero attached hydrogens (tertiary/aromatic N) is 2. The average molecular weight is 357 g/mol. The average Bonchev–Trinajstić information content (AvgIpc) is 3.10. The Labute approximate surface area is 149 Å². The van der Waals surface area contributed by atoms with Gasteiger partial charge in [-0.2, -0.15) is 5.10 Å². The van der Waals surface area contributed by atoms with Crippen LogP contribution < -0.4 is 10.3 Å². The molecule has 0 bridgehead atoms. The Hall–Kier alpha value is -2.67. The number of amides is 1. The maximum absolute atomic E-state index is 12.2. The Bertz CT molecular complexity index is 828. The van der Waals surface area contributed by atoms with E-state index in [-0.39, 0.29) is 17.3 Å². The molecule has 1 aromatic heterocycles. The summed E-state index contributed by atoms with van der Waals surface area (Å²) in [6.45, 7) is 2.84. The van der Waals surface area contributed by atoms with Crippen molar-refractivity contribution in [2.45, 2.75) is 19.8 Å². The van der Waals surface area contributed by atoms with Crippen molar-refractivity contribution in [3.8, 4) is 0 Å². The summed E-state index contributed by atoms with van der Waals surface area (Å²) in [5.41, 5.74) is 5.52. The van der Waals surface area contributed by atoms with E-state index >= 15 is 0 Å². The molecular weight excluding hydrogens is 338 g/mol. The molecule has 2 aromatic rings. The van der Waals surface area contributed by atoms with Gasteiger partial charge in [0.15, 0.2) is 0 Å². The number of carbonyl (C=O) groups is 2. The predicted octanol–water partition coefficient (Wildman–Crippen LogP) is 2.74. The number of thiophene rings is 1. The molecule has 0 spiro atoms. The molecule has 7 heteroatoms. The number of aryl methyl sites for hydroxylation is 1. The van der Waals surface area contributed by atoms with Crippen LogP contribution >= 0.6 is 11.3 Å². The fraction of sp³-hybridized carbons (Fsp3) is 0.278. The number of carbonyl (C=O) groups excluding carboxylic acids is 1. The largest absolute Gasteiger partial charge is 0.477 e. The number of rotatable bonds is 5. The fourth-order valence-corrected chi connectivity index (χ4v) is 3.62. The molecule has 130 valence electrons. The molecule has 2 N–H and O–H groups in total. The fourth-order valence-electron chi connectivity index (χ4n) is 2.83. The SMILES string of the molecule is C/C(=N/NC(=O)CN1CCCc2ccccc21)c1ccc(C(=O)O)s1. The van der Waals surface area contributed by atoms with Gasteiger partial charge in [0.05, 0.1) is 17.1 Å². The summed E-state index contributed by atoms with van der Waals surface area (Å²) in [5.74, 6) is -1.15.